The molecule has 0 saturated carbocycles. The third-order valence-corrected chi connectivity index (χ3v) is 4.56. The maximum atomic E-state index is 12.2. The van der Waals surface area contributed by atoms with Crippen molar-refractivity contribution in [1.29, 1.82) is 0 Å². The largest absolute Gasteiger partial charge is 0.360 e. The van der Waals surface area contributed by atoms with Crippen molar-refractivity contribution in [3.8, 4) is 0 Å². The van der Waals surface area contributed by atoms with Gasteiger partial charge in [0.1, 0.15) is 11.4 Å². The minimum absolute atomic E-state index is 0.240. The molecule has 1 aliphatic heterocycles. The molecule has 3 rings (SSSR count). The van der Waals surface area contributed by atoms with Gasteiger partial charge in [0.2, 0.25) is 0 Å². The number of hydrazone groups is 1. The summed E-state index contributed by atoms with van der Waals surface area (Å²) in [5.74, 6) is 0. The summed E-state index contributed by atoms with van der Waals surface area (Å²) in [5, 5.41) is 4.31. The quantitative estimate of drug-likeness (QED) is 0.874. The molecule has 112 valence electrons. The van der Waals surface area contributed by atoms with Gasteiger partial charge < -0.3 is 0 Å². The standard InChI is InChI=1S/C16H15N3O2S/c1-2-19-17-15(13-9-5-3-6-10-13)16(18-22(19,20)21)14-11-7-4-8-12-14/h3-12H,2H2,1H3. The first-order valence-electron chi connectivity index (χ1n) is 6.94. The summed E-state index contributed by atoms with van der Waals surface area (Å²) in [6.07, 6.45) is 0. The highest BCUT2D eigenvalue weighted by Crippen LogP contribution is 2.19. The zero-order valence-electron chi connectivity index (χ0n) is 12.0. The maximum Gasteiger partial charge on any atom is 0.360 e. The van der Waals surface area contributed by atoms with Crippen molar-refractivity contribution in [3.63, 3.8) is 0 Å². The Bertz CT molecular complexity index is 828. The molecule has 1 heterocycles. The molecule has 0 aromatic heterocycles. The van der Waals surface area contributed by atoms with Crippen LogP contribution in [0.3, 0.4) is 0 Å². The first-order valence-corrected chi connectivity index (χ1v) is 8.34. The fraction of sp³-hybridized carbons (Fsp3) is 0.125. The van der Waals surface area contributed by atoms with E-state index in [1.807, 2.05) is 60.7 Å². The van der Waals surface area contributed by atoms with Gasteiger partial charge in [-0.25, -0.2) is 0 Å². The molecule has 0 saturated heterocycles. The van der Waals surface area contributed by atoms with E-state index < -0.39 is 10.2 Å². The first kappa shape index (κ1) is 14.5. The molecule has 0 N–H and O–H groups in total. The van der Waals surface area contributed by atoms with E-state index in [4.69, 9.17) is 0 Å². The highest BCUT2D eigenvalue weighted by atomic mass is 32.2. The third kappa shape index (κ3) is 2.65. The fourth-order valence-electron chi connectivity index (χ4n) is 2.23. The molecule has 0 radical (unpaired) electrons. The second-order valence-corrected chi connectivity index (χ2v) is 6.24. The summed E-state index contributed by atoms with van der Waals surface area (Å²) in [7, 11) is -3.78. The van der Waals surface area contributed by atoms with Crippen LogP contribution < -0.4 is 0 Å². The molecule has 0 aliphatic carbocycles. The molecule has 2 aromatic carbocycles. The van der Waals surface area contributed by atoms with Gasteiger partial charge in [0.25, 0.3) is 0 Å². The van der Waals surface area contributed by atoms with E-state index in [1.165, 1.54) is 0 Å². The predicted octanol–water partition coefficient (Wildman–Crippen LogP) is 2.46. The zero-order valence-corrected chi connectivity index (χ0v) is 12.9. The second-order valence-electron chi connectivity index (χ2n) is 4.74. The number of nitrogens with zero attached hydrogens (tertiary/aromatic N) is 3. The predicted molar refractivity (Wildman–Crippen MR) is 87.3 cm³/mol. The van der Waals surface area contributed by atoms with Gasteiger partial charge in [0, 0.05) is 11.1 Å². The van der Waals surface area contributed by atoms with E-state index in [9.17, 15) is 8.42 Å². The molecule has 6 heteroatoms. The number of hydrogen-bond donors (Lipinski definition) is 0. The Morgan fingerprint density at radius 3 is 1.86 bits per heavy atom. The molecule has 0 amide bonds. The van der Waals surface area contributed by atoms with Crippen LogP contribution in [0.1, 0.15) is 18.1 Å². The molecule has 0 fully saturated rings. The van der Waals surface area contributed by atoms with Crippen LogP contribution in [0.4, 0.5) is 0 Å². The van der Waals surface area contributed by atoms with Crippen molar-refractivity contribution in [2.24, 2.45) is 9.50 Å². The Hall–Kier alpha value is -2.47. The SMILES string of the molecule is CCN1N=C(c2ccccc2)C(c2ccccc2)=NS1(=O)=O. The lowest BCUT2D eigenvalue weighted by Crippen LogP contribution is -2.34. The number of benzene rings is 2. The van der Waals surface area contributed by atoms with Crippen LogP contribution in [0.25, 0.3) is 0 Å². The Morgan fingerprint density at radius 1 is 0.864 bits per heavy atom. The average molecular weight is 313 g/mol. The van der Waals surface area contributed by atoms with Crippen LogP contribution >= 0.6 is 0 Å². The molecular formula is C16H15N3O2S. The van der Waals surface area contributed by atoms with E-state index in [-0.39, 0.29) is 6.54 Å². The zero-order chi connectivity index (χ0) is 15.6. The summed E-state index contributed by atoms with van der Waals surface area (Å²) in [6.45, 7) is 1.97. The van der Waals surface area contributed by atoms with Crippen molar-refractivity contribution >= 4 is 21.6 Å². The van der Waals surface area contributed by atoms with Gasteiger partial charge in [-0.05, 0) is 6.92 Å². The van der Waals surface area contributed by atoms with Crippen LogP contribution in [-0.2, 0) is 10.2 Å². The second kappa shape index (κ2) is 5.73. The smallest absolute Gasteiger partial charge is 0.179 e. The van der Waals surface area contributed by atoms with E-state index in [1.54, 1.807) is 6.92 Å². The third-order valence-electron chi connectivity index (χ3n) is 3.27. The molecule has 22 heavy (non-hydrogen) atoms. The van der Waals surface area contributed by atoms with Gasteiger partial charge in [-0.1, -0.05) is 60.7 Å². The molecule has 0 bridgehead atoms. The van der Waals surface area contributed by atoms with Crippen molar-refractivity contribution < 1.29 is 8.42 Å². The lowest BCUT2D eigenvalue weighted by atomic mass is 10.00. The van der Waals surface area contributed by atoms with Crippen molar-refractivity contribution in [2.75, 3.05) is 6.54 Å². The molecule has 0 atom stereocenters. The highest BCUT2D eigenvalue weighted by Gasteiger charge is 2.28. The summed E-state index contributed by atoms with van der Waals surface area (Å²) in [5.41, 5.74) is 2.49. The monoisotopic (exact) mass is 313 g/mol. The van der Waals surface area contributed by atoms with Crippen LogP contribution in [0, 0.1) is 0 Å². The fourth-order valence-corrected chi connectivity index (χ4v) is 3.25. The number of hydrogen-bond acceptors (Lipinski definition) is 3. The first-order chi connectivity index (χ1) is 10.6. The maximum absolute atomic E-state index is 12.2. The molecule has 0 unspecified atom stereocenters. The van der Waals surface area contributed by atoms with Gasteiger partial charge >= 0.3 is 10.2 Å². The molecule has 0 spiro atoms. The average Bonchev–Trinajstić information content (AvgIpc) is 2.55. The van der Waals surface area contributed by atoms with E-state index in [0.29, 0.717) is 11.4 Å². The van der Waals surface area contributed by atoms with Crippen LogP contribution in [-0.4, -0.2) is 30.8 Å². The van der Waals surface area contributed by atoms with E-state index in [0.717, 1.165) is 15.5 Å². The summed E-state index contributed by atoms with van der Waals surface area (Å²) < 4.78 is 29.4. The van der Waals surface area contributed by atoms with Gasteiger partial charge in [-0.2, -0.15) is 17.9 Å². The Morgan fingerprint density at radius 2 is 1.36 bits per heavy atom. The lowest BCUT2D eigenvalue weighted by molar-refractivity contribution is 0.448. The van der Waals surface area contributed by atoms with Crippen molar-refractivity contribution in [1.82, 2.24) is 4.41 Å². The van der Waals surface area contributed by atoms with E-state index >= 15 is 0 Å². The summed E-state index contributed by atoms with van der Waals surface area (Å²) >= 11 is 0. The normalized spacial score (nSPS) is 16.9. The summed E-state index contributed by atoms with van der Waals surface area (Å²) in [6, 6.07) is 18.7. The Balaban J connectivity index is 2.19. The number of rotatable bonds is 3. The van der Waals surface area contributed by atoms with Crippen molar-refractivity contribution in [3.05, 3.63) is 71.8 Å². The van der Waals surface area contributed by atoms with E-state index in [2.05, 4.69) is 9.50 Å². The lowest BCUT2D eigenvalue weighted by Gasteiger charge is -2.22. The van der Waals surface area contributed by atoms with Gasteiger partial charge in [-0.3, -0.25) is 0 Å². The molecule has 1 aliphatic rings. The minimum Gasteiger partial charge on any atom is -0.179 e. The van der Waals surface area contributed by atoms with Crippen LogP contribution in [0.15, 0.2) is 70.2 Å². The van der Waals surface area contributed by atoms with Crippen molar-refractivity contribution in [2.45, 2.75) is 6.92 Å². The Labute approximate surface area is 129 Å². The van der Waals surface area contributed by atoms with Crippen LogP contribution in [0.5, 0.6) is 0 Å². The topological polar surface area (TPSA) is 62.1 Å². The molecular weight excluding hydrogens is 298 g/mol. The minimum atomic E-state index is -3.78. The summed E-state index contributed by atoms with van der Waals surface area (Å²) in [4.78, 5) is 0. The molecule has 2 aromatic rings. The highest BCUT2D eigenvalue weighted by molar-refractivity contribution is 7.88. The molecule has 5 nitrogen and oxygen atoms in total. The van der Waals surface area contributed by atoms with Gasteiger partial charge in [0.15, 0.2) is 0 Å². The van der Waals surface area contributed by atoms with Gasteiger partial charge in [-0.15, -0.1) is 4.40 Å². The van der Waals surface area contributed by atoms with Crippen LogP contribution in [0.2, 0.25) is 0 Å². The Kier molecular flexibility index (Phi) is 3.77. The van der Waals surface area contributed by atoms with Gasteiger partial charge in [0.05, 0.1) is 6.54 Å².